The molecule has 0 unspecified atom stereocenters. The maximum Gasteiger partial charge on any atom is 0.239 e. The SMILES string of the molecule is Nc1ncn(Cc2ncccc2Br)n1. The number of anilines is 1. The fourth-order valence-electron chi connectivity index (χ4n) is 1.07. The van der Waals surface area contributed by atoms with E-state index in [0.29, 0.717) is 6.54 Å². The molecule has 5 nitrogen and oxygen atoms in total. The monoisotopic (exact) mass is 253 g/mol. The smallest absolute Gasteiger partial charge is 0.239 e. The lowest BCUT2D eigenvalue weighted by Crippen LogP contribution is -2.03. The summed E-state index contributed by atoms with van der Waals surface area (Å²) in [5.41, 5.74) is 6.30. The zero-order valence-corrected chi connectivity index (χ0v) is 8.85. The minimum atomic E-state index is 0.275. The minimum absolute atomic E-state index is 0.275. The Bertz CT molecular complexity index is 439. The summed E-state index contributed by atoms with van der Waals surface area (Å²) in [6.07, 6.45) is 3.32. The second-order valence-electron chi connectivity index (χ2n) is 2.73. The molecule has 0 fully saturated rings. The highest BCUT2D eigenvalue weighted by molar-refractivity contribution is 9.10. The molecule has 6 heteroatoms. The zero-order valence-electron chi connectivity index (χ0n) is 7.26. The van der Waals surface area contributed by atoms with Gasteiger partial charge in [0.2, 0.25) is 5.95 Å². The Morgan fingerprint density at radius 2 is 2.29 bits per heavy atom. The van der Waals surface area contributed by atoms with E-state index in [2.05, 4.69) is 31.0 Å². The van der Waals surface area contributed by atoms with Gasteiger partial charge in [0, 0.05) is 10.7 Å². The largest absolute Gasteiger partial charge is 0.367 e. The van der Waals surface area contributed by atoms with Gasteiger partial charge in [0.05, 0.1) is 12.2 Å². The molecule has 2 aromatic rings. The standard InChI is InChI=1S/C8H8BrN5/c9-6-2-1-3-11-7(6)4-14-5-12-8(10)13-14/h1-3,5H,4H2,(H2,10,13). The molecule has 14 heavy (non-hydrogen) atoms. The van der Waals surface area contributed by atoms with E-state index in [1.165, 1.54) is 0 Å². The number of nitrogen functional groups attached to an aromatic ring is 1. The number of nitrogens with two attached hydrogens (primary N) is 1. The van der Waals surface area contributed by atoms with Crippen molar-refractivity contribution in [2.75, 3.05) is 5.73 Å². The molecule has 0 radical (unpaired) electrons. The van der Waals surface area contributed by atoms with Gasteiger partial charge in [0.1, 0.15) is 6.33 Å². The molecular weight excluding hydrogens is 246 g/mol. The molecule has 0 aliphatic carbocycles. The summed E-state index contributed by atoms with van der Waals surface area (Å²) in [5.74, 6) is 0.275. The van der Waals surface area contributed by atoms with E-state index >= 15 is 0 Å². The first-order chi connectivity index (χ1) is 6.75. The molecule has 2 rings (SSSR count). The van der Waals surface area contributed by atoms with E-state index < -0.39 is 0 Å². The normalized spacial score (nSPS) is 10.4. The van der Waals surface area contributed by atoms with Crippen molar-refractivity contribution in [2.45, 2.75) is 6.54 Å². The van der Waals surface area contributed by atoms with Crippen molar-refractivity contribution in [3.63, 3.8) is 0 Å². The van der Waals surface area contributed by atoms with Crippen LogP contribution >= 0.6 is 15.9 Å². The number of hydrogen-bond acceptors (Lipinski definition) is 4. The summed E-state index contributed by atoms with van der Waals surface area (Å²) in [5, 5.41) is 3.97. The molecule has 0 saturated heterocycles. The molecule has 0 amide bonds. The van der Waals surface area contributed by atoms with Crippen LogP contribution in [0.2, 0.25) is 0 Å². The Morgan fingerprint density at radius 1 is 1.43 bits per heavy atom. The van der Waals surface area contributed by atoms with Crippen LogP contribution in [0.25, 0.3) is 0 Å². The summed E-state index contributed by atoms with van der Waals surface area (Å²) in [7, 11) is 0. The number of aromatic nitrogens is 4. The van der Waals surface area contributed by atoms with Crippen molar-refractivity contribution >= 4 is 21.9 Å². The van der Waals surface area contributed by atoms with Crippen molar-refractivity contribution in [3.05, 3.63) is 34.8 Å². The molecule has 2 heterocycles. The third-order valence-corrected chi connectivity index (χ3v) is 2.42. The highest BCUT2D eigenvalue weighted by Gasteiger charge is 2.02. The Labute approximate surface area is 89.1 Å². The molecule has 2 aromatic heterocycles. The average Bonchev–Trinajstić information content (AvgIpc) is 2.56. The number of rotatable bonds is 2. The second-order valence-corrected chi connectivity index (χ2v) is 3.59. The summed E-state index contributed by atoms with van der Waals surface area (Å²) in [6, 6.07) is 3.80. The fourth-order valence-corrected chi connectivity index (χ4v) is 1.45. The molecule has 0 aliphatic rings. The summed E-state index contributed by atoms with van der Waals surface area (Å²) in [6.45, 7) is 0.561. The Hall–Kier alpha value is -1.43. The molecule has 0 spiro atoms. The third-order valence-electron chi connectivity index (χ3n) is 1.70. The van der Waals surface area contributed by atoms with Gasteiger partial charge in [0.15, 0.2) is 0 Å². The van der Waals surface area contributed by atoms with E-state index in [4.69, 9.17) is 5.73 Å². The van der Waals surface area contributed by atoms with Crippen LogP contribution < -0.4 is 5.73 Å². The van der Waals surface area contributed by atoms with Crippen LogP contribution in [0.4, 0.5) is 5.95 Å². The third kappa shape index (κ3) is 1.90. The zero-order chi connectivity index (χ0) is 9.97. The van der Waals surface area contributed by atoms with E-state index in [1.54, 1.807) is 17.2 Å². The highest BCUT2D eigenvalue weighted by atomic mass is 79.9. The van der Waals surface area contributed by atoms with E-state index in [9.17, 15) is 0 Å². The predicted molar refractivity (Wildman–Crippen MR) is 55.5 cm³/mol. The van der Waals surface area contributed by atoms with Crippen LogP contribution in [-0.2, 0) is 6.54 Å². The maximum absolute atomic E-state index is 5.40. The number of nitrogens with zero attached hydrogens (tertiary/aromatic N) is 4. The summed E-state index contributed by atoms with van der Waals surface area (Å²) < 4.78 is 2.59. The predicted octanol–water partition coefficient (Wildman–Crippen LogP) is 1.07. The van der Waals surface area contributed by atoms with Gasteiger partial charge in [-0.25, -0.2) is 9.67 Å². The topological polar surface area (TPSA) is 69.6 Å². The first-order valence-electron chi connectivity index (χ1n) is 4.00. The molecule has 2 N–H and O–H groups in total. The highest BCUT2D eigenvalue weighted by Crippen LogP contribution is 2.13. The molecule has 0 saturated carbocycles. The van der Waals surface area contributed by atoms with Gasteiger partial charge in [0.25, 0.3) is 0 Å². The molecule has 72 valence electrons. The lowest BCUT2D eigenvalue weighted by Gasteiger charge is -2.01. The van der Waals surface area contributed by atoms with Crippen LogP contribution in [0.15, 0.2) is 29.1 Å². The van der Waals surface area contributed by atoms with E-state index in [-0.39, 0.29) is 5.95 Å². The first kappa shape index (κ1) is 9.14. The van der Waals surface area contributed by atoms with Crippen molar-refractivity contribution in [3.8, 4) is 0 Å². The van der Waals surface area contributed by atoms with Crippen LogP contribution in [0, 0.1) is 0 Å². The average molecular weight is 254 g/mol. The van der Waals surface area contributed by atoms with Crippen LogP contribution in [0.3, 0.4) is 0 Å². The van der Waals surface area contributed by atoms with Gasteiger partial charge in [-0.05, 0) is 28.1 Å². The van der Waals surface area contributed by atoms with E-state index in [1.807, 2.05) is 12.1 Å². The molecule has 0 atom stereocenters. The Morgan fingerprint density at radius 3 is 2.93 bits per heavy atom. The summed E-state index contributed by atoms with van der Waals surface area (Å²) >= 11 is 3.41. The Balaban J connectivity index is 2.23. The van der Waals surface area contributed by atoms with Crippen molar-refractivity contribution in [1.82, 2.24) is 19.7 Å². The number of halogens is 1. The minimum Gasteiger partial charge on any atom is -0.367 e. The van der Waals surface area contributed by atoms with Gasteiger partial charge < -0.3 is 5.73 Å². The van der Waals surface area contributed by atoms with Crippen LogP contribution in [0.1, 0.15) is 5.69 Å². The quantitative estimate of drug-likeness (QED) is 0.870. The maximum atomic E-state index is 5.40. The first-order valence-corrected chi connectivity index (χ1v) is 4.79. The summed E-state index contributed by atoms with van der Waals surface area (Å²) in [4.78, 5) is 8.04. The van der Waals surface area contributed by atoms with Gasteiger partial charge >= 0.3 is 0 Å². The van der Waals surface area contributed by atoms with Crippen molar-refractivity contribution in [2.24, 2.45) is 0 Å². The fraction of sp³-hybridized carbons (Fsp3) is 0.125. The van der Waals surface area contributed by atoms with E-state index in [0.717, 1.165) is 10.2 Å². The lowest BCUT2D eigenvalue weighted by molar-refractivity contribution is 0.671. The molecule has 0 aromatic carbocycles. The Kier molecular flexibility index (Phi) is 2.45. The number of pyridine rings is 1. The number of hydrogen-bond donors (Lipinski definition) is 1. The van der Waals surface area contributed by atoms with Crippen LogP contribution in [0.5, 0.6) is 0 Å². The van der Waals surface area contributed by atoms with Gasteiger partial charge in [-0.15, -0.1) is 5.10 Å². The van der Waals surface area contributed by atoms with Crippen molar-refractivity contribution in [1.29, 1.82) is 0 Å². The molecule has 0 aliphatic heterocycles. The van der Waals surface area contributed by atoms with Crippen molar-refractivity contribution < 1.29 is 0 Å². The van der Waals surface area contributed by atoms with Gasteiger partial charge in [-0.2, -0.15) is 0 Å². The second kappa shape index (κ2) is 3.75. The molecule has 0 bridgehead atoms. The van der Waals surface area contributed by atoms with Gasteiger partial charge in [-0.3, -0.25) is 4.98 Å². The lowest BCUT2D eigenvalue weighted by atomic mass is 10.3. The van der Waals surface area contributed by atoms with Crippen LogP contribution in [-0.4, -0.2) is 19.7 Å². The van der Waals surface area contributed by atoms with Gasteiger partial charge in [-0.1, -0.05) is 0 Å². The molecular formula is C8H8BrN5.